The van der Waals surface area contributed by atoms with Crippen LogP contribution in [0.3, 0.4) is 0 Å². The number of benzene rings is 2. The maximum atomic E-state index is 11.1. The Morgan fingerprint density at radius 2 is 1.90 bits per heavy atom. The molecule has 0 aliphatic carbocycles. The van der Waals surface area contributed by atoms with Crippen LogP contribution in [0.15, 0.2) is 48.5 Å². The monoisotopic (exact) mass is 384 g/mol. The summed E-state index contributed by atoms with van der Waals surface area (Å²) in [7, 11) is 0. The largest absolute Gasteiger partial charge is 0.490 e. The van der Waals surface area contributed by atoms with Crippen LogP contribution < -0.4 is 4.74 Å². The van der Waals surface area contributed by atoms with E-state index in [0.717, 1.165) is 9.13 Å². The molecule has 104 valence electrons. The van der Waals surface area contributed by atoms with Crippen molar-refractivity contribution < 1.29 is 19.7 Å². The Hall–Kier alpha value is -1.60. The molecule has 0 saturated carbocycles. The predicted octanol–water partition coefficient (Wildman–Crippen LogP) is 3.10. The molecule has 2 N–H and O–H groups in total. The smallest absolute Gasteiger partial charge is 0.339 e. The summed E-state index contributed by atoms with van der Waals surface area (Å²) in [6.45, 7) is 0.00485. The summed E-state index contributed by atoms with van der Waals surface area (Å²) in [5.41, 5.74) is 0.826. The quantitative estimate of drug-likeness (QED) is 0.778. The minimum atomic E-state index is -1.05. The lowest BCUT2D eigenvalue weighted by molar-refractivity contribution is 0.0683. The van der Waals surface area contributed by atoms with Crippen molar-refractivity contribution in [3.63, 3.8) is 0 Å². The number of aliphatic hydroxyl groups is 1. The number of aromatic carboxylic acids is 1. The number of carbonyl (C=O) groups is 1. The van der Waals surface area contributed by atoms with E-state index in [0.29, 0.717) is 0 Å². The highest BCUT2D eigenvalue weighted by atomic mass is 127. The standard InChI is InChI=1S/C15H13IO4/c16-11-6-7-14(12(8-11)15(18)19)20-9-13(17)10-4-2-1-3-5-10/h1-8,13,17H,9H2,(H,18,19). The van der Waals surface area contributed by atoms with Crippen LogP contribution in [0.25, 0.3) is 0 Å². The molecular formula is C15H13IO4. The highest BCUT2D eigenvalue weighted by Crippen LogP contribution is 2.23. The Morgan fingerprint density at radius 1 is 1.20 bits per heavy atom. The Balaban J connectivity index is 2.09. The summed E-state index contributed by atoms with van der Waals surface area (Å²) in [6.07, 6.45) is -0.794. The van der Waals surface area contributed by atoms with Crippen LogP contribution in [0, 0.1) is 3.57 Å². The predicted molar refractivity (Wildman–Crippen MR) is 83.0 cm³/mol. The molecule has 0 heterocycles. The molecule has 0 aliphatic heterocycles. The number of carboxylic acids is 1. The van der Waals surface area contributed by atoms with Crippen molar-refractivity contribution in [1.29, 1.82) is 0 Å². The average Bonchev–Trinajstić information content (AvgIpc) is 2.46. The van der Waals surface area contributed by atoms with Gasteiger partial charge in [0.05, 0.1) is 0 Å². The second-order valence-corrected chi connectivity index (χ2v) is 5.43. The second kappa shape index (κ2) is 6.71. The Bertz CT molecular complexity index is 598. The molecule has 0 saturated heterocycles. The molecular weight excluding hydrogens is 371 g/mol. The molecule has 0 bridgehead atoms. The number of hydrogen-bond acceptors (Lipinski definition) is 3. The van der Waals surface area contributed by atoms with E-state index in [9.17, 15) is 9.90 Å². The molecule has 2 aromatic rings. The molecule has 0 aliphatic rings. The molecule has 0 fully saturated rings. The van der Waals surface area contributed by atoms with Gasteiger partial charge >= 0.3 is 5.97 Å². The number of hydrogen-bond donors (Lipinski definition) is 2. The fourth-order valence-corrected chi connectivity index (χ4v) is 2.23. The first-order valence-electron chi connectivity index (χ1n) is 5.96. The summed E-state index contributed by atoms with van der Waals surface area (Å²) in [6, 6.07) is 14.0. The van der Waals surface area contributed by atoms with Gasteiger partial charge in [-0.2, -0.15) is 0 Å². The molecule has 2 rings (SSSR count). The molecule has 2 aromatic carbocycles. The van der Waals surface area contributed by atoms with Gasteiger partial charge in [0.1, 0.15) is 24.0 Å². The summed E-state index contributed by atoms with van der Waals surface area (Å²) in [5.74, 6) is -0.791. The van der Waals surface area contributed by atoms with Gasteiger partial charge in [-0.15, -0.1) is 0 Å². The first-order chi connectivity index (χ1) is 9.58. The molecule has 5 heteroatoms. The molecule has 0 spiro atoms. The SMILES string of the molecule is O=C(O)c1cc(I)ccc1OCC(O)c1ccccc1. The summed E-state index contributed by atoms with van der Waals surface area (Å²) in [5, 5.41) is 19.1. The van der Waals surface area contributed by atoms with Crippen LogP contribution in [0.2, 0.25) is 0 Å². The van der Waals surface area contributed by atoms with Crippen molar-refractivity contribution in [2.24, 2.45) is 0 Å². The first kappa shape index (κ1) is 14.8. The lowest BCUT2D eigenvalue weighted by atomic mass is 10.1. The van der Waals surface area contributed by atoms with E-state index in [1.807, 2.05) is 40.8 Å². The van der Waals surface area contributed by atoms with Gasteiger partial charge in [-0.05, 0) is 46.4 Å². The zero-order chi connectivity index (χ0) is 14.5. The molecule has 0 radical (unpaired) electrons. The highest BCUT2D eigenvalue weighted by molar-refractivity contribution is 14.1. The van der Waals surface area contributed by atoms with Gasteiger partial charge in [0.2, 0.25) is 0 Å². The first-order valence-corrected chi connectivity index (χ1v) is 7.04. The average molecular weight is 384 g/mol. The lowest BCUT2D eigenvalue weighted by Gasteiger charge is -2.14. The van der Waals surface area contributed by atoms with Crippen molar-refractivity contribution in [2.75, 3.05) is 6.61 Å². The van der Waals surface area contributed by atoms with Crippen molar-refractivity contribution in [3.8, 4) is 5.75 Å². The van der Waals surface area contributed by atoms with Crippen LogP contribution in [-0.4, -0.2) is 22.8 Å². The van der Waals surface area contributed by atoms with Gasteiger partial charge in [0.25, 0.3) is 0 Å². The maximum Gasteiger partial charge on any atom is 0.339 e. The summed E-state index contributed by atoms with van der Waals surface area (Å²) < 4.78 is 6.25. The van der Waals surface area contributed by atoms with Crippen molar-refractivity contribution >= 4 is 28.6 Å². The van der Waals surface area contributed by atoms with Crippen molar-refractivity contribution in [3.05, 3.63) is 63.2 Å². The molecule has 4 nitrogen and oxygen atoms in total. The maximum absolute atomic E-state index is 11.1. The molecule has 1 atom stereocenters. The summed E-state index contributed by atoms with van der Waals surface area (Å²) >= 11 is 2.04. The van der Waals surface area contributed by atoms with E-state index in [-0.39, 0.29) is 17.9 Å². The minimum absolute atomic E-state index is 0.00485. The zero-order valence-electron chi connectivity index (χ0n) is 10.5. The summed E-state index contributed by atoms with van der Waals surface area (Å²) in [4.78, 5) is 11.1. The number of aliphatic hydroxyl groups excluding tert-OH is 1. The van der Waals surface area contributed by atoms with E-state index in [1.165, 1.54) is 6.07 Å². The van der Waals surface area contributed by atoms with Crippen LogP contribution in [0.5, 0.6) is 5.75 Å². The van der Waals surface area contributed by atoms with E-state index in [2.05, 4.69) is 0 Å². The van der Waals surface area contributed by atoms with Crippen LogP contribution >= 0.6 is 22.6 Å². The van der Waals surface area contributed by atoms with Gasteiger partial charge < -0.3 is 14.9 Å². The van der Waals surface area contributed by atoms with E-state index in [1.54, 1.807) is 24.3 Å². The van der Waals surface area contributed by atoms with Gasteiger partial charge in [0, 0.05) is 3.57 Å². The van der Waals surface area contributed by atoms with Gasteiger partial charge in [-0.3, -0.25) is 0 Å². The van der Waals surface area contributed by atoms with Gasteiger partial charge in [-0.25, -0.2) is 4.79 Å². The fourth-order valence-electron chi connectivity index (χ4n) is 1.74. The van der Waals surface area contributed by atoms with E-state index < -0.39 is 12.1 Å². The number of halogens is 1. The molecule has 0 aromatic heterocycles. The van der Waals surface area contributed by atoms with Crippen molar-refractivity contribution in [1.82, 2.24) is 0 Å². The van der Waals surface area contributed by atoms with E-state index >= 15 is 0 Å². The van der Waals surface area contributed by atoms with Crippen molar-refractivity contribution in [2.45, 2.75) is 6.10 Å². The number of rotatable bonds is 5. The van der Waals surface area contributed by atoms with Crippen LogP contribution in [0.1, 0.15) is 22.0 Å². The van der Waals surface area contributed by atoms with Gasteiger partial charge in [-0.1, -0.05) is 30.3 Å². The zero-order valence-corrected chi connectivity index (χ0v) is 12.6. The normalized spacial score (nSPS) is 11.9. The number of ether oxygens (including phenoxy) is 1. The molecule has 20 heavy (non-hydrogen) atoms. The van der Waals surface area contributed by atoms with E-state index in [4.69, 9.17) is 9.84 Å². The topological polar surface area (TPSA) is 66.8 Å². The lowest BCUT2D eigenvalue weighted by Crippen LogP contribution is -2.11. The molecule has 1 unspecified atom stereocenters. The third-order valence-corrected chi connectivity index (χ3v) is 3.42. The fraction of sp³-hybridized carbons (Fsp3) is 0.133. The second-order valence-electron chi connectivity index (χ2n) is 4.18. The van der Waals surface area contributed by atoms with Gasteiger partial charge in [0.15, 0.2) is 0 Å². The third kappa shape index (κ3) is 3.71. The Labute approximate surface area is 130 Å². The Morgan fingerprint density at radius 3 is 2.55 bits per heavy atom. The molecule has 0 amide bonds. The number of carboxylic acid groups (broad SMARTS) is 1. The third-order valence-electron chi connectivity index (χ3n) is 2.75. The van der Waals surface area contributed by atoms with Crippen LogP contribution in [-0.2, 0) is 0 Å². The van der Waals surface area contributed by atoms with Crippen LogP contribution in [0.4, 0.5) is 0 Å². The Kier molecular flexibility index (Phi) is 4.97. The minimum Gasteiger partial charge on any atom is -0.490 e. The highest BCUT2D eigenvalue weighted by Gasteiger charge is 2.14.